The van der Waals surface area contributed by atoms with Crippen LogP contribution in [-0.2, 0) is 0 Å². The van der Waals surface area contributed by atoms with Crippen LogP contribution in [0.1, 0.15) is 13.3 Å². The van der Waals surface area contributed by atoms with E-state index in [0.717, 1.165) is 31.7 Å². The molecule has 1 fully saturated rings. The summed E-state index contributed by atoms with van der Waals surface area (Å²) in [7, 11) is 4.10. The molecule has 106 valence electrons. The van der Waals surface area contributed by atoms with Crippen LogP contribution in [0.3, 0.4) is 0 Å². The lowest BCUT2D eigenvalue weighted by atomic mass is 10.2. The average Bonchev–Trinajstić information content (AvgIpc) is 2.52. The second-order valence-corrected chi connectivity index (χ2v) is 5.43. The largest absolute Gasteiger partial charge is 0.364 e. The molecule has 4 heteroatoms. The first-order valence-electron chi connectivity index (χ1n) is 6.99. The van der Waals surface area contributed by atoms with E-state index in [1.165, 1.54) is 0 Å². The number of likely N-dealkylation sites (N-methyl/N-ethyl adjacent to an activating group) is 2. The summed E-state index contributed by atoms with van der Waals surface area (Å²) in [6, 6.07) is 7.93. The molecule has 1 aromatic carbocycles. The molecule has 0 radical (unpaired) electrons. The Kier molecular flexibility index (Phi) is 4.77. The van der Waals surface area contributed by atoms with Crippen molar-refractivity contribution in [1.82, 2.24) is 10.2 Å². The third-order valence-electron chi connectivity index (χ3n) is 4.08. The van der Waals surface area contributed by atoms with Crippen LogP contribution < -0.4 is 10.2 Å². The standard InChI is InChI=1S/C15H24FN3/c1-12-8-9-19(13(10-17-2)11-18(12)3)15-7-5-4-6-14(15)16/h4-7,12-13,17H,8-11H2,1-3H3. The van der Waals surface area contributed by atoms with Gasteiger partial charge in [-0.25, -0.2) is 4.39 Å². The summed E-state index contributed by atoms with van der Waals surface area (Å²) >= 11 is 0. The minimum atomic E-state index is -0.124. The van der Waals surface area contributed by atoms with Gasteiger partial charge in [-0.15, -0.1) is 0 Å². The number of rotatable bonds is 3. The van der Waals surface area contributed by atoms with Gasteiger partial charge in [0.05, 0.1) is 11.7 Å². The predicted octanol–water partition coefficient (Wildman–Crippen LogP) is 1.94. The maximum Gasteiger partial charge on any atom is 0.146 e. The molecule has 0 saturated carbocycles. The average molecular weight is 265 g/mol. The molecule has 0 amide bonds. The monoisotopic (exact) mass is 265 g/mol. The molecule has 0 bridgehead atoms. The Morgan fingerprint density at radius 2 is 2.11 bits per heavy atom. The van der Waals surface area contributed by atoms with Crippen LogP contribution in [-0.4, -0.2) is 50.7 Å². The molecule has 19 heavy (non-hydrogen) atoms. The smallest absolute Gasteiger partial charge is 0.146 e. The zero-order valence-electron chi connectivity index (χ0n) is 12.1. The SMILES string of the molecule is CNCC1CN(C)C(C)CCN1c1ccccc1F. The maximum absolute atomic E-state index is 14.0. The molecule has 1 heterocycles. The van der Waals surface area contributed by atoms with E-state index in [0.29, 0.717) is 12.1 Å². The van der Waals surface area contributed by atoms with Gasteiger partial charge >= 0.3 is 0 Å². The Bertz CT molecular complexity index is 410. The summed E-state index contributed by atoms with van der Waals surface area (Å²) in [6.45, 7) is 4.96. The van der Waals surface area contributed by atoms with Gasteiger partial charge in [0.25, 0.3) is 0 Å². The molecule has 2 unspecified atom stereocenters. The lowest BCUT2D eigenvalue weighted by Crippen LogP contribution is -2.46. The predicted molar refractivity (Wildman–Crippen MR) is 78.2 cm³/mol. The molecule has 0 aliphatic carbocycles. The van der Waals surface area contributed by atoms with E-state index in [2.05, 4.69) is 29.1 Å². The molecule has 1 aromatic rings. The van der Waals surface area contributed by atoms with Gasteiger partial charge in [0, 0.05) is 25.7 Å². The zero-order valence-corrected chi connectivity index (χ0v) is 12.1. The second kappa shape index (κ2) is 6.35. The van der Waals surface area contributed by atoms with Crippen molar-refractivity contribution in [2.75, 3.05) is 38.6 Å². The van der Waals surface area contributed by atoms with Gasteiger partial charge in [0.1, 0.15) is 5.82 Å². The van der Waals surface area contributed by atoms with E-state index in [1.807, 2.05) is 19.2 Å². The van der Waals surface area contributed by atoms with E-state index >= 15 is 0 Å². The van der Waals surface area contributed by atoms with Gasteiger partial charge in [-0.2, -0.15) is 0 Å². The Hall–Kier alpha value is -1.13. The van der Waals surface area contributed by atoms with Gasteiger partial charge in [-0.1, -0.05) is 12.1 Å². The quantitative estimate of drug-likeness (QED) is 0.901. The van der Waals surface area contributed by atoms with Gasteiger partial charge in [-0.05, 0) is 39.6 Å². The van der Waals surface area contributed by atoms with Crippen LogP contribution in [0.15, 0.2) is 24.3 Å². The van der Waals surface area contributed by atoms with Gasteiger partial charge < -0.3 is 15.1 Å². The van der Waals surface area contributed by atoms with Crippen molar-refractivity contribution >= 4 is 5.69 Å². The summed E-state index contributed by atoms with van der Waals surface area (Å²) in [5.41, 5.74) is 0.727. The number of anilines is 1. The van der Waals surface area contributed by atoms with Crippen LogP contribution in [0.25, 0.3) is 0 Å². The maximum atomic E-state index is 14.0. The Morgan fingerprint density at radius 3 is 2.79 bits per heavy atom. The van der Waals surface area contributed by atoms with Crippen LogP contribution in [0.5, 0.6) is 0 Å². The molecule has 0 spiro atoms. The van der Waals surface area contributed by atoms with E-state index in [-0.39, 0.29) is 5.82 Å². The number of para-hydroxylation sites is 1. The van der Waals surface area contributed by atoms with Crippen molar-refractivity contribution in [3.05, 3.63) is 30.1 Å². The van der Waals surface area contributed by atoms with E-state index in [9.17, 15) is 4.39 Å². The zero-order chi connectivity index (χ0) is 13.8. The highest BCUT2D eigenvalue weighted by atomic mass is 19.1. The molecule has 1 aliphatic rings. The summed E-state index contributed by atoms with van der Waals surface area (Å²) in [5.74, 6) is -0.124. The highest BCUT2D eigenvalue weighted by Crippen LogP contribution is 2.24. The number of halogens is 1. The Morgan fingerprint density at radius 1 is 1.37 bits per heavy atom. The van der Waals surface area contributed by atoms with Crippen molar-refractivity contribution in [2.24, 2.45) is 0 Å². The fraction of sp³-hybridized carbons (Fsp3) is 0.600. The molecule has 1 N–H and O–H groups in total. The van der Waals surface area contributed by atoms with Crippen molar-refractivity contribution in [1.29, 1.82) is 0 Å². The lowest BCUT2D eigenvalue weighted by Gasteiger charge is -2.33. The van der Waals surface area contributed by atoms with Crippen molar-refractivity contribution in [3.63, 3.8) is 0 Å². The van der Waals surface area contributed by atoms with Crippen LogP contribution >= 0.6 is 0 Å². The summed E-state index contributed by atoms with van der Waals surface area (Å²) in [5, 5.41) is 3.23. The normalized spacial score (nSPS) is 25.4. The van der Waals surface area contributed by atoms with Crippen molar-refractivity contribution < 1.29 is 4.39 Å². The van der Waals surface area contributed by atoms with Crippen molar-refractivity contribution in [2.45, 2.75) is 25.4 Å². The fourth-order valence-electron chi connectivity index (χ4n) is 2.75. The van der Waals surface area contributed by atoms with Crippen LogP contribution in [0.2, 0.25) is 0 Å². The first kappa shape index (κ1) is 14.3. The minimum absolute atomic E-state index is 0.124. The molecule has 2 atom stereocenters. The molecule has 0 aromatic heterocycles. The van der Waals surface area contributed by atoms with Gasteiger partial charge in [0.15, 0.2) is 0 Å². The Balaban J connectivity index is 2.27. The van der Waals surface area contributed by atoms with Crippen LogP contribution in [0, 0.1) is 5.82 Å². The van der Waals surface area contributed by atoms with E-state index in [4.69, 9.17) is 0 Å². The first-order chi connectivity index (χ1) is 9.13. The molecular weight excluding hydrogens is 241 g/mol. The van der Waals surface area contributed by atoms with Gasteiger partial charge in [-0.3, -0.25) is 0 Å². The fourth-order valence-corrected chi connectivity index (χ4v) is 2.75. The third-order valence-corrected chi connectivity index (χ3v) is 4.08. The molecule has 1 saturated heterocycles. The summed E-state index contributed by atoms with van der Waals surface area (Å²) < 4.78 is 14.0. The topological polar surface area (TPSA) is 18.5 Å². The third kappa shape index (κ3) is 3.25. The summed E-state index contributed by atoms with van der Waals surface area (Å²) in [4.78, 5) is 4.58. The first-order valence-corrected chi connectivity index (χ1v) is 6.99. The lowest BCUT2D eigenvalue weighted by molar-refractivity contribution is 0.254. The molecule has 1 aliphatic heterocycles. The van der Waals surface area contributed by atoms with Crippen molar-refractivity contribution in [3.8, 4) is 0 Å². The number of nitrogens with one attached hydrogen (secondary N) is 1. The number of hydrogen-bond acceptors (Lipinski definition) is 3. The molecule has 3 nitrogen and oxygen atoms in total. The number of nitrogens with zero attached hydrogens (tertiary/aromatic N) is 2. The van der Waals surface area contributed by atoms with E-state index < -0.39 is 0 Å². The molecule has 2 rings (SSSR count). The van der Waals surface area contributed by atoms with Gasteiger partial charge in [0.2, 0.25) is 0 Å². The minimum Gasteiger partial charge on any atom is -0.364 e. The molecular formula is C15H24FN3. The highest BCUT2D eigenvalue weighted by molar-refractivity contribution is 5.49. The van der Waals surface area contributed by atoms with E-state index in [1.54, 1.807) is 12.1 Å². The summed E-state index contributed by atoms with van der Waals surface area (Å²) in [6.07, 6.45) is 1.06. The number of hydrogen-bond donors (Lipinski definition) is 1. The second-order valence-electron chi connectivity index (χ2n) is 5.43. The Labute approximate surface area is 115 Å². The number of benzene rings is 1. The highest BCUT2D eigenvalue weighted by Gasteiger charge is 2.27. The van der Waals surface area contributed by atoms with Crippen LogP contribution in [0.4, 0.5) is 10.1 Å².